The lowest BCUT2D eigenvalue weighted by Gasteiger charge is -2.56. The number of hydrogen-bond acceptors (Lipinski definition) is 3. The number of hydrogen-bond donors (Lipinski definition) is 0. The second-order valence-electron chi connectivity index (χ2n) is 11.0. The van der Waals surface area contributed by atoms with Crippen molar-refractivity contribution in [2.24, 2.45) is 34.0 Å². The van der Waals surface area contributed by atoms with E-state index in [2.05, 4.69) is 32.9 Å². The SMILES string of the molecule is CC1C[C@@]2(CCC(=O)O2)[C@@]2(C)CC=C3C(CC4(CC4)C4=CC(=O)C=C[C@]34C)C12. The zero-order valence-electron chi connectivity index (χ0n) is 17.2. The van der Waals surface area contributed by atoms with Crippen molar-refractivity contribution in [3.05, 3.63) is 35.5 Å². The van der Waals surface area contributed by atoms with Crippen molar-refractivity contribution in [3.8, 4) is 0 Å². The van der Waals surface area contributed by atoms with Crippen LogP contribution in [-0.2, 0) is 14.3 Å². The maximum atomic E-state index is 12.2. The molecule has 0 N–H and O–H groups in total. The van der Waals surface area contributed by atoms with Crippen LogP contribution in [0.25, 0.3) is 0 Å². The molecular formula is C25H30O3. The standard InChI is InChI=1S/C25H30O3/c1-15-13-25(9-6-20(27)28-25)23(3)8-5-18-17(21(15)23)14-24(10-11-24)19-12-16(26)4-7-22(18,19)2/h4-5,7,12,15,17,21H,6,8-11,13-14H2,1-3H3/t15?,17?,21?,22-,23+,25+/m1/s1. The van der Waals surface area contributed by atoms with E-state index in [0.29, 0.717) is 24.2 Å². The molecule has 6 rings (SSSR count). The van der Waals surface area contributed by atoms with Crippen molar-refractivity contribution >= 4 is 11.8 Å². The molecule has 4 fully saturated rings. The van der Waals surface area contributed by atoms with E-state index in [4.69, 9.17) is 4.74 Å². The molecule has 1 aliphatic heterocycles. The van der Waals surface area contributed by atoms with Gasteiger partial charge >= 0.3 is 5.97 Å². The molecule has 2 spiro atoms. The molecule has 5 aliphatic carbocycles. The molecule has 0 bridgehead atoms. The fourth-order valence-corrected chi connectivity index (χ4v) is 8.44. The first-order valence-corrected chi connectivity index (χ1v) is 11.1. The second kappa shape index (κ2) is 4.91. The van der Waals surface area contributed by atoms with Crippen LogP contribution in [0.15, 0.2) is 35.5 Å². The van der Waals surface area contributed by atoms with Gasteiger partial charge in [0.2, 0.25) is 0 Å². The third-order valence-corrected chi connectivity index (χ3v) is 9.72. The molecule has 3 nitrogen and oxygen atoms in total. The molecule has 0 aromatic rings. The summed E-state index contributed by atoms with van der Waals surface area (Å²) in [7, 11) is 0. The first-order chi connectivity index (χ1) is 13.2. The largest absolute Gasteiger partial charge is 0.458 e. The molecule has 28 heavy (non-hydrogen) atoms. The Morgan fingerprint density at radius 2 is 1.89 bits per heavy atom. The zero-order valence-corrected chi connectivity index (χ0v) is 17.2. The normalized spacial score (nSPS) is 50.0. The van der Waals surface area contributed by atoms with Crippen molar-refractivity contribution in [1.82, 2.24) is 0 Å². The van der Waals surface area contributed by atoms with Gasteiger partial charge < -0.3 is 4.74 Å². The molecule has 1 saturated heterocycles. The summed E-state index contributed by atoms with van der Waals surface area (Å²) in [5, 5.41) is 0. The van der Waals surface area contributed by atoms with Crippen LogP contribution in [0.5, 0.6) is 0 Å². The number of fused-ring (bicyclic) bond motifs is 7. The number of rotatable bonds is 0. The van der Waals surface area contributed by atoms with Gasteiger partial charge in [-0.25, -0.2) is 0 Å². The van der Waals surface area contributed by atoms with Gasteiger partial charge in [-0.15, -0.1) is 0 Å². The highest BCUT2D eigenvalue weighted by atomic mass is 16.6. The Balaban J connectivity index is 1.50. The Bertz CT molecular complexity index is 903. The van der Waals surface area contributed by atoms with Crippen LogP contribution in [0.3, 0.4) is 0 Å². The molecule has 3 unspecified atom stereocenters. The Labute approximate surface area is 167 Å². The molecule has 3 saturated carbocycles. The summed E-state index contributed by atoms with van der Waals surface area (Å²) < 4.78 is 6.11. The van der Waals surface area contributed by atoms with Crippen molar-refractivity contribution in [1.29, 1.82) is 0 Å². The third kappa shape index (κ3) is 1.82. The van der Waals surface area contributed by atoms with Gasteiger partial charge in [0.15, 0.2) is 5.78 Å². The van der Waals surface area contributed by atoms with Crippen LogP contribution in [0, 0.1) is 34.0 Å². The van der Waals surface area contributed by atoms with Crippen molar-refractivity contribution in [2.75, 3.05) is 0 Å². The average Bonchev–Trinajstić information content (AvgIpc) is 3.24. The molecule has 1 heterocycles. The molecule has 3 heteroatoms. The van der Waals surface area contributed by atoms with Crippen LogP contribution in [0.2, 0.25) is 0 Å². The van der Waals surface area contributed by atoms with Crippen molar-refractivity contribution < 1.29 is 14.3 Å². The fraction of sp³-hybridized carbons (Fsp3) is 0.680. The van der Waals surface area contributed by atoms with E-state index in [1.807, 2.05) is 6.08 Å². The van der Waals surface area contributed by atoms with E-state index < -0.39 is 0 Å². The van der Waals surface area contributed by atoms with E-state index >= 15 is 0 Å². The highest BCUT2D eigenvalue weighted by Crippen LogP contribution is 2.74. The number of allylic oxidation sites excluding steroid dienone is 6. The van der Waals surface area contributed by atoms with Gasteiger partial charge in [-0.3, -0.25) is 9.59 Å². The number of ketones is 1. The second-order valence-corrected chi connectivity index (χ2v) is 11.0. The minimum absolute atomic E-state index is 0.00272. The van der Waals surface area contributed by atoms with Gasteiger partial charge in [0.1, 0.15) is 5.60 Å². The van der Waals surface area contributed by atoms with Crippen LogP contribution in [-0.4, -0.2) is 17.4 Å². The van der Waals surface area contributed by atoms with Crippen molar-refractivity contribution in [3.63, 3.8) is 0 Å². The summed E-state index contributed by atoms with van der Waals surface area (Å²) in [5.41, 5.74) is 2.83. The zero-order chi connectivity index (χ0) is 19.5. The van der Waals surface area contributed by atoms with Crippen LogP contribution in [0.1, 0.15) is 65.7 Å². The first kappa shape index (κ1) is 17.2. The molecule has 0 radical (unpaired) electrons. The number of ether oxygens (including phenoxy) is 1. The van der Waals surface area contributed by atoms with E-state index in [1.165, 1.54) is 30.4 Å². The van der Waals surface area contributed by atoms with E-state index in [1.54, 1.807) is 6.08 Å². The highest BCUT2D eigenvalue weighted by Gasteiger charge is 2.70. The molecule has 0 aromatic carbocycles. The predicted octanol–water partition coefficient (Wildman–Crippen LogP) is 4.93. The van der Waals surface area contributed by atoms with Gasteiger partial charge in [0, 0.05) is 17.3 Å². The van der Waals surface area contributed by atoms with Crippen LogP contribution in [0.4, 0.5) is 0 Å². The van der Waals surface area contributed by atoms with Gasteiger partial charge in [-0.2, -0.15) is 0 Å². The summed E-state index contributed by atoms with van der Waals surface area (Å²) in [5.74, 6) is 1.81. The molecule has 0 amide bonds. The van der Waals surface area contributed by atoms with Gasteiger partial charge in [0.25, 0.3) is 0 Å². The predicted molar refractivity (Wildman–Crippen MR) is 106 cm³/mol. The average molecular weight is 379 g/mol. The van der Waals surface area contributed by atoms with E-state index in [0.717, 1.165) is 19.3 Å². The Kier molecular flexibility index (Phi) is 3.02. The fourth-order valence-electron chi connectivity index (χ4n) is 8.44. The first-order valence-electron chi connectivity index (χ1n) is 11.1. The topological polar surface area (TPSA) is 43.4 Å². The van der Waals surface area contributed by atoms with E-state index in [9.17, 15) is 9.59 Å². The highest BCUT2D eigenvalue weighted by molar-refractivity contribution is 6.01. The quantitative estimate of drug-likeness (QED) is 0.444. The third-order valence-electron chi connectivity index (χ3n) is 9.72. The van der Waals surface area contributed by atoms with Gasteiger partial charge in [-0.05, 0) is 86.3 Å². The molecule has 0 aromatic heterocycles. The Morgan fingerprint density at radius 3 is 2.57 bits per heavy atom. The van der Waals surface area contributed by atoms with E-state index in [-0.39, 0.29) is 33.6 Å². The smallest absolute Gasteiger partial charge is 0.306 e. The molecule has 6 aliphatic rings. The summed E-state index contributed by atoms with van der Waals surface area (Å²) in [6, 6.07) is 0. The number of esters is 1. The summed E-state index contributed by atoms with van der Waals surface area (Å²) in [6.07, 6.45) is 15.5. The Morgan fingerprint density at radius 1 is 1.11 bits per heavy atom. The van der Waals surface area contributed by atoms with Gasteiger partial charge in [0.05, 0.1) is 0 Å². The lowest BCUT2D eigenvalue weighted by atomic mass is 9.48. The Hall–Kier alpha value is -1.64. The van der Waals surface area contributed by atoms with Crippen LogP contribution >= 0.6 is 0 Å². The molecule has 6 atom stereocenters. The molecule has 148 valence electrons. The lowest BCUT2D eigenvalue weighted by molar-refractivity contribution is -0.160. The minimum Gasteiger partial charge on any atom is -0.458 e. The monoisotopic (exact) mass is 378 g/mol. The van der Waals surface area contributed by atoms with Crippen molar-refractivity contribution in [2.45, 2.75) is 71.3 Å². The van der Waals surface area contributed by atoms with Crippen LogP contribution < -0.4 is 0 Å². The summed E-state index contributed by atoms with van der Waals surface area (Å²) >= 11 is 0. The lowest BCUT2D eigenvalue weighted by Crippen LogP contribution is -2.52. The number of carbonyl (C=O) groups is 2. The molecular weight excluding hydrogens is 348 g/mol. The van der Waals surface area contributed by atoms with Gasteiger partial charge in [-0.1, -0.05) is 31.6 Å². The number of carbonyl (C=O) groups excluding carboxylic acids is 2. The summed E-state index contributed by atoms with van der Waals surface area (Å²) in [6.45, 7) is 7.13. The maximum absolute atomic E-state index is 12.2. The maximum Gasteiger partial charge on any atom is 0.306 e. The minimum atomic E-state index is -0.262. The summed E-state index contributed by atoms with van der Waals surface area (Å²) in [4.78, 5) is 24.3.